The van der Waals surface area contributed by atoms with E-state index in [0.717, 1.165) is 5.56 Å². The second kappa shape index (κ2) is 7.08. The van der Waals surface area contributed by atoms with Crippen LogP contribution in [0, 0.1) is 5.41 Å². The maximum Gasteiger partial charge on any atom is 0.182 e. The van der Waals surface area contributed by atoms with E-state index in [1.807, 2.05) is 25.1 Å². The topological polar surface area (TPSA) is 69.4 Å². The minimum atomic E-state index is -3.53. The molecule has 1 saturated carbocycles. The number of benzene rings is 2. The minimum absolute atomic E-state index is 0.229. The molecule has 4 nitrogen and oxygen atoms in total. The normalized spacial score (nSPS) is 25.7. The zero-order valence-electron chi connectivity index (χ0n) is 14.1. The predicted octanol–water partition coefficient (Wildman–Crippen LogP) is 3.26. The first-order chi connectivity index (χ1) is 12.0. The van der Waals surface area contributed by atoms with Crippen molar-refractivity contribution >= 4 is 21.4 Å². The third kappa shape index (κ3) is 3.22. The van der Waals surface area contributed by atoms with Gasteiger partial charge in [0.1, 0.15) is 0 Å². The molecule has 6 heteroatoms. The van der Waals surface area contributed by atoms with Crippen molar-refractivity contribution in [3.8, 4) is 0 Å². The van der Waals surface area contributed by atoms with Crippen LogP contribution >= 0.6 is 11.6 Å². The molecule has 1 aliphatic carbocycles. The van der Waals surface area contributed by atoms with Gasteiger partial charge in [0.2, 0.25) is 0 Å². The second-order valence-corrected chi connectivity index (χ2v) is 8.89. The van der Waals surface area contributed by atoms with E-state index in [2.05, 4.69) is 0 Å². The molecular formula is C19H22ClNO3S. The summed E-state index contributed by atoms with van der Waals surface area (Å²) >= 11 is 6.12. The van der Waals surface area contributed by atoms with Crippen LogP contribution in [0.25, 0.3) is 0 Å². The van der Waals surface area contributed by atoms with Crippen LogP contribution in [0.3, 0.4) is 0 Å². The zero-order valence-corrected chi connectivity index (χ0v) is 15.6. The van der Waals surface area contributed by atoms with Gasteiger partial charge in [-0.05, 0) is 36.8 Å². The van der Waals surface area contributed by atoms with Gasteiger partial charge in [-0.1, -0.05) is 41.9 Å². The molecular weight excluding hydrogens is 358 g/mol. The first-order valence-electron chi connectivity index (χ1n) is 8.29. The molecule has 134 valence electrons. The Hall–Kier alpha value is -1.40. The van der Waals surface area contributed by atoms with Gasteiger partial charge in [-0.3, -0.25) is 0 Å². The highest BCUT2D eigenvalue weighted by Gasteiger charge is 2.70. The van der Waals surface area contributed by atoms with E-state index in [1.54, 1.807) is 36.4 Å². The van der Waals surface area contributed by atoms with E-state index in [1.165, 1.54) is 0 Å². The van der Waals surface area contributed by atoms with Gasteiger partial charge < -0.3 is 10.5 Å². The predicted molar refractivity (Wildman–Crippen MR) is 99.6 cm³/mol. The molecule has 0 saturated heterocycles. The van der Waals surface area contributed by atoms with Crippen LogP contribution in [0.4, 0.5) is 0 Å². The van der Waals surface area contributed by atoms with Crippen LogP contribution < -0.4 is 5.73 Å². The Morgan fingerprint density at radius 2 is 1.88 bits per heavy atom. The summed E-state index contributed by atoms with van der Waals surface area (Å²) in [5, 5.41) is -0.0278. The van der Waals surface area contributed by atoms with Gasteiger partial charge in [0.15, 0.2) is 9.84 Å². The molecule has 2 aromatic rings. The molecule has 0 amide bonds. The van der Waals surface area contributed by atoms with Crippen molar-refractivity contribution in [3.05, 3.63) is 65.2 Å². The largest absolute Gasteiger partial charge is 0.381 e. The zero-order chi connectivity index (χ0) is 18.1. The van der Waals surface area contributed by atoms with Gasteiger partial charge in [0.05, 0.1) is 16.8 Å². The first kappa shape index (κ1) is 18.4. The van der Waals surface area contributed by atoms with Gasteiger partial charge in [0.25, 0.3) is 0 Å². The number of ether oxygens (including phenoxy) is 1. The third-order valence-corrected chi connectivity index (χ3v) is 7.52. The number of halogens is 1. The molecule has 0 bridgehead atoms. The van der Waals surface area contributed by atoms with Gasteiger partial charge in [-0.25, -0.2) is 8.42 Å². The summed E-state index contributed by atoms with van der Waals surface area (Å²) in [5.74, 6) is -0.229. The molecule has 2 aromatic carbocycles. The number of rotatable bonds is 7. The summed E-state index contributed by atoms with van der Waals surface area (Å²) in [5.41, 5.74) is 6.32. The fourth-order valence-electron chi connectivity index (χ4n) is 3.67. The summed E-state index contributed by atoms with van der Waals surface area (Å²) in [6, 6.07) is 15.9. The molecule has 0 unspecified atom stereocenters. The van der Waals surface area contributed by atoms with Gasteiger partial charge in [0, 0.05) is 29.5 Å². The second-order valence-electron chi connectivity index (χ2n) is 6.39. The summed E-state index contributed by atoms with van der Waals surface area (Å²) in [7, 11) is -3.53. The fourth-order valence-corrected chi connectivity index (χ4v) is 6.34. The SMILES string of the molecule is CCOC[C@@]1(CN)[C@H](S(=O)(=O)c2ccccc2)[C@@H]1c1cccc(Cl)c1. The lowest BCUT2D eigenvalue weighted by molar-refractivity contribution is 0.101. The van der Waals surface area contributed by atoms with Gasteiger partial charge >= 0.3 is 0 Å². The van der Waals surface area contributed by atoms with Gasteiger partial charge in [-0.15, -0.1) is 0 Å². The Labute approximate surface area is 153 Å². The number of nitrogens with two attached hydrogens (primary N) is 1. The van der Waals surface area contributed by atoms with E-state index < -0.39 is 20.5 Å². The van der Waals surface area contributed by atoms with E-state index in [9.17, 15) is 8.42 Å². The van der Waals surface area contributed by atoms with Crippen molar-refractivity contribution < 1.29 is 13.2 Å². The lowest BCUT2D eigenvalue weighted by Crippen LogP contribution is -2.29. The summed E-state index contributed by atoms with van der Waals surface area (Å²) in [6.07, 6.45) is 0. The molecule has 1 fully saturated rings. The van der Waals surface area contributed by atoms with E-state index in [0.29, 0.717) is 23.1 Å². The Bertz CT molecular complexity index is 841. The van der Waals surface area contributed by atoms with Crippen LogP contribution in [0.1, 0.15) is 18.4 Å². The van der Waals surface area contributed by atoms with Crippen molar-refractivity contribution in [2.75, 3.05) is 19.8 Å². The van der Waals surface area contributed by atoms with Crippen molar-refractivity contribution in [3.63, 3.8) is 0 Å². The maximum atomic E-state index is 13.3. The molecule has 0 aromatic heterocycles. The molecule has 3 rings (SSSR count). The summed E-state index contributed by atoms with van der Waals surface area (Å²) < 4.78 is 32.1. The summed E-state index contributed by atoms with van der Waals surface area (Å²) in [4.78, 5) is 0.318. The van der Waals surface area contributed by atoms with Crippen LogP contribution in [0.15, 0.2) is 59.5 Å². The molecule has 2 N–H and O–H groups in total. The Balaban J connectivity index is 2.06. The van der Waals surface area contributed by atoms with Crippen molar-refractivity contribution in [2.45, 2.75) is 23.0 Å². The molecule has 1 aliphatic rings. The maximum absolute atomic E-state index is 13.3. The van der Waals surface area contributed by atoms with E-state index >= 15 is 0 Å². The van der Waals surface area contributed by atoms with Crippen LogP contribution in [-0.4, -0.2) is 33.4 Å². The quantitative estimate of drug-likeness (QED) is 0.801. The highest BCUT2D eigenvalue weighted by molar-refractivity contribution is 7.92. The third-order valence-electron chi connectivity index (χ3n) is 4.95. The summed E-state index contributed by atoms with van der Waals surface area (Å²) in [6.45, 7) is 2.96. The van der Waals surface area contributed by atoms with Gasteiger partial charge in [-0.2, -0.15) is 0 Å². The molecule has 3 atom stereocenters. The molecule has 0 spiro atoms. The van der Waals surface area contributed by atoms with Crippen molar-refractivity contribution in [2.24, 2.45) is 11.1 Å². The number of sulfone groups is 1. The first-order valence-corrected chi connectivity index (χ1v) is 10.2. The highest BCUT2D eigenvalue weighted by Crippen LogP contribution is 2.63. The Morgan fingerprint density at radius 3 is 2.48 bits per heavy atom. The molecule has 0 heterocycles. The highest BCUT2D eigenvalue weighted by atomic mass is 35.5. The molecule has 25 heavy (non-hydrogen) atoms. The van der Waals surface area contributed by atoms with Crippen LogP contribution in [-0.2, 0) is 14.6 Å². The van der Waals surface area contributed by atoms with Crippen LogP contribution in [0.5, 0.6) is 0 Å². The number of hydrogen-bond acceptors (Lipinski definition) is 4. The average molecular weight is 380 g/mol. The molecule has 0 radical (unpaired) electrons. The Kier molecular flexibility index (Phi) is 5.21. The standard InChI is InChI=1S/C19H22ClNO3S/c1-2-24-13-19(12-21)17(14-7-6-8-15(20)11-14)18(19)25(22,23)16-9-4-3-5-10-16/h3-11,17-18H,2,12-13,21H2,1H3/t17-,18+,19+/m0/s1. The Morgan fingerprint density at radius 1 is 1.16 bits per heavy atom. The lowest BCUT2D eigenvalue weighted by atomic mass is 10.00. The molecule has 0 aliphatic heterocycles. The van der Waals surface area contributed by atoms with Crippen LogP contribution in [0.2, 0.25) is 5.02 Å². The van der Waals surface area contributed by atoms with Crippen molar-refractivity contribution in [1.29, 1.82) is 0 Å². The lowest BCUT2D eigenvalue weighted by Gasteiger charge is -2.16. The minimum Gasteiger partial charge on any atom is -0.381 e. The van der Waals surface area contributed by atoms with E-state index in [4.69, 9.17) is 22.1 Å². The van der Waals surface area contributed by atoms with E-state index in [-0.39, 0.29) is 12.5 Å². The average Bonchev–Trinajstić information content (AvgIpc) is 3.31. The van der Waals surface area contributed by atoms with Crippen molar-refractivity contribution in [1.82, 2.24) is 0 Å². The monoisotopic (exact) mass is 379 g/mol. The fraction of sp³-hybridized carbons (Fsp3) is 0.368. The smallest absolute Gasteiger partial charge is 0.182 e. The number of hydrogen-bond donors (Lipinski definition) is 1.